The van der Waals surface area contributed by atoms with Gasteiger partial charge in [-0.05, 0) is 30.5 Å². The maximum atomic E-state index is 12.5. The molecule has 5 heteroatoms. The van der Waals surface area contributed by atoms with Crippen molar-refractivity contribution < 1.29 is 14.7 Å². The Bertz CT molecular complexity index is 522. The molecular formula is C16H22N2O3. The fraction of sp³-hybridized carbons (Fsp3) is 0.500. The molecule has 5 nitrogen and oxygen atoms in total. The summed E-state index contributed by atoms with van der Waals surface area (Å²) in [7, 11) is 0. The third-order valence-corrected chi connectivity index (χ3v) is 4.22. The zero-order valence-corrected chi connectivity index (χ0v) is 12.1. The van der Waals surface area contributed by atoms with E-state index in [9.17, 15) is 9.59 Å². The first-order valence-corrected chi connectivity index (χ1v) is 7.38. The molecule has 1 saturated carbocycles. The number of carbonyl (C=O) groups is 2. The summed E-state index contributed by atoms with van der Waals surface area (Å²) >= 11 is 0. The molecule has 0 spiro atoms. The Kier molecular flexibility index (Phi) is 4.96. The van der Waals surface area contributed by atoms with Crippen LogP contribution in [0, 0.1) is 5.41 Å². The van der Waals surface area contributed by atoms with Crippen LogP contribution in [0.3, 0.4) is 0 Å². The predicted molar refractivity (Wildman–Crippen MR) is 81.0 cm³/mol. The van der Waals surface area contributed by atoms with Gasteiger partial charge in [-0.15, -0.1) is 0 Å². The molecule has 1 fully saturated rings. The van der Waals surface area contributed by atoms with Gasteiger partial charge in [-0.3, -0.25) is 9.59 Å². The molecule has 1 aliphatic rings. The van der Waals surface area contributed by atoms with E-state index in [1.54, 1.807) is 24.3 Å². The summed E-state index contributed by atoms with van der Waals surface area (Å²) < 4.78 is 0. The van der Waals surface area contributed by atoms with Gasteiger partial charge in [-0.2, -0.15) is 0 Å². The van der Waals surface area contributed by atoms with Crippen LogP contribution in [0.25, 0.3) is 0 Å². The van der Waals surface area contributed by atoms with Crippen molar-refractivity contribution in [2.75, 3.05) is 11.9 Å². The number of carboxylic acid groups (broad SMARTS) is 1. The molecule has 1 aliphatic carbocycles. The monoisotopic (exact) mass is 290 g/mol. The maximum Gasteiger partial charge on any atom is 0.307 e. The normalized spacial score (nSPS) is 17.2. The lowest BCUT2D eigenvalue weighted by Gasteiger charge is -2.34. The minimum atomic E-state index is -0.885. The Balaban J connectivity index is 2.09. The van der Waals surface area contributed by atoms with E-state index < -0.39 is 11.4 Å². The predicted octanol–water partition coefficient (Wildman–Crippen LogP) is 2.16. The molecule has 0 saturated heterocycles. The number of amides is 1. The second kappa shape index (κ2) is 6.72. The van der Waals surface area contributed by atoms with Gasteiger partial charge in [-0.25, -0.2) is 0 Å². The van der Waals surface area contributed by atoms with Crippen molar-refractivity contribution in [3.05, 3.63) is 29.8 Å². The van der Waals surface area contributed by atoms with Crippen LogP contribution in [0.5, 0.6) is 0 Å². The van der Waals surface area contributed by atoms with E-state index in [1.165, 1.54) is 0 Å². The minimum absolute atomic E-state index is 0.0443. The number of nitrogens with one attached hydrogen (secondary N) is 1. The Labute approximate surface area is 124 Å². The van der Waals surface area contributed by atoms with Gasteiger partial charge >= 0.3 is 5.97 Å². The highest BCUT2D eigenvalue weighted by atomic mass is 16.4. The first-order chi connectivity index (χ1) is 10.1. The molecule has 0 atom stereocenters. The average Bonchev–Trinajstić information content (AvgIpc) is 2.47. The number of nitrogens with two attached hydrogens (primary N) is 1. The molecule has 0 unspecified atom stereocenters. The summed E-state index contributed by atoms with van der Waals surface area (Å²) in [6.45, 7) is 0.355. The van der Waals surface area contributed by atoms with Gasteiger partial charge < -0.3 is 16.2 Å². The number of anilines is 1. The molecule has 1 amide bonds. The first-order valence-electron chi connectivity index (χ1n) is 7.38. The SMILES string of the molecule is NCC1(C(=O)Nc2cccc(CC(=O)O)c2)CCCCC1. The second-order valence-electron chi connectivity index (χ2n) is 5.77. The number of aliphatic carboxylic acids is 1. The molecule has 0 bridgehead atoms. The fourth-order valence-corrected chi connectivity index (χ4v) is 2.95. The molecule has 0 aliphatic heterocycles. The number of hydrogen-bond donors (Lipinski definition) is 3. The Morgan fingerprint density at radius 2 is 1.95 bits per heavy atom. The van der Waals surface area contributed by atoms with Crippen LogP contribution in [0.2, 0.25) is 0 Å². The zero-order valence-electron chi connectivity index (χ0n) is 12.1. The number of rotatable bonds is 5. The molecule has 114 valence electrons. The third kappa shape index (κ3) is 3.82. The van der Waals surface area contributed by atoms with Crippen LogP contribution >= 0.6 is 0 Å². The van der Waals surface area contributed by atoms with Gasteiger partial charge in [0.25, 0.3) is 0 Å². The molecule has 21 heavy (non-hydrogen) atoms. The summed E-state index contributed by atoms with van der Waals surface area (Å²) in [6.07, 6.45) is 4.82. The van der Waals surface area contributed by atoms with Gasteiger partial charge in [0.1, 0.15) is 0 Å². The summed E-state index contributed by atoms with van der Waals surface area (Å²) in [5.74, 6) is -0.929. The maximum absolute atomic E-state index is 12.5. The van der Waals surface area contributed by atoms with Crippen LogP contribution in [-0.2, 0) is 16.0 Å². The highest BCUT2D eigenvalue weighted by Gasteiger charge is 2.38. The van der Waals surface area contributed by atoms with Crippen LogP contribution < -0.4 is 11.1 Å². The largest absolute Gasteiger partial charge is 0.481 e. The number of hydrogen-bond acceptors (Lipinski definition) is 3. The van der Waals surface area contributed by atoms with E-state index in [2.05, 4.69) is 5.32 Å². The van der Waals surface area contributed by atoms with Crippen molar-refractivity contribution in [2.24, 2.45) is 11.1 Å². The van der Waals surface area contributed by atoms with Crippen molar-refractivity contribution in [3.63, 3.8) is 0 Å². The van der Waals surface area contributed by atoms with Gasteiger partial charge in [-0.1, -0.05) is 31.4 Å². The van der Waals surface area contributed by atoms with E-state index in [-0.39, 0.29) is 12.3 Å². The summed E-state index contributed by atoms with van der Waals surface area (Å²) in [6, 6.07) is 6.97. The Hall–Kier alpha value is -1.88. The summed E-state index contributed by atoms with van der Waals surface area (Å²) in [5.41, 5.74) is 6.69. The standard InChI is InChI=1S/C16H22N2O3/c17-11-16(7-2-1-3-8-16)15(21)18-13-6-4-5-12(9-13)10-14(19)20/h4-6,9H,1-3,7-8,10-11,17H2,(H,18,21)(H,19,20). The lowest BCUT2D eigenvalue weighted by Crippen LogP contribution is -2.43. The van der Waals surface area contributed by atoms with Gasteiger partial charge in [0.15, 0.2) is 0 Å². The zero-order chi connectivity index (χ0) is 15.3. The molecule has 4 N–H and O–H groups in total. The van der Waals surface area contributed by atoms with Crippen LogP contribution in [0.1, 0.15) is 37.7 Å². The molecular weight excluding hydrogens is 268 g/mol. The quantitative estimate of drug-likeness (QED) is 0.774. The third-order valence-electron chi connectivity index (χ3n) is 4.22. The number of benzene rings is 1. The Morgan fingerprint density at radius 3 is 2.57 bits per heavy atom. The van der Waals surface area contributed by atoms with Gasteiger partial charge in [0, 0.05) is 12.2 Å². The van der Waals surface area contributed by atoms with Crippen LogP contribution in [0.15, 0.2) is 24.3 Å². The molecule has 0 aromatic heterocycles. The van der Waals surface area contributed by atoms with Crippen molar-refractivity contribution >= 4 is 17.6 Å². The van der Waals surface area contributed by atoms with E-state index in [4.69, 9.17) is 10.8 Å². The lowest BCUT2D eigenvalue weighted by molar-refractivity contribution is -0.136. The van der Waals surface area contributed by atoms with E-state index in [0.29, 0.717) is 17.8 Å². The smallest absolute Gasteiger partial charge is 0.307 e. The van der Waals surface area contributed by atoms with E-state index in [1.807, 2.05) is 0 Å². The molecule has 0 radical (unpaired) electrons. The van der Waals surface area contributed by atoms with Gasteiger partial charge in [0.05, 0.1) is 11.8 Å². The average molecular weight is 290 g/mol. The Morgan fingerprint density at radius 1 is 1.24 bits per heavy atom. The van der Waals surface area contributed by atoms with Crippen molar-refractivity contribution in [2.45, 2.75) is 38.5 Å². The molecule has 1 aromatic rings. The second-order valence-corrected chi connectivity index (χ2v) is 5.77. The topological polar surface area (TPSA) is 92.4 Å². The van der Waals surface area contributed by atoms with Crippen molar-refractivity contribution in [1.82, 2.24) is 0 Å². The van der Waals surface area contributed by atoms with E-state index >= 15 is 0 Å². The fourth-order valence-electron chi connectivity index (χ4n) is 2.95. The molecule has 2 rings (SSSR count). The molecule has 1 aromatic carbocycles. The molecule has 0 heterocycles. The highest BCUT2D eigenvalue weighted by Crippen LogP contribution is 2.36. The van der Waals surface area contributed by atoms with Crippen molar-refractivity contribution in [1.29, 1.82) is 0 Å². The van der Waals surface area contributed by atoms with Crippen molar-refractivity contribution in [3.8, 4) is 0 Å². The highest BCUT2D eigenvalue weighted by molar-refractivity contribution is 5.95. The van der Waals surface area contributed by atoms with Crippen LogP contribution in [-0.4, -0.2) is 23.5 Å². The van der Waals surface area contributed by atoms with Crippen LogP contribution in [0.4, 0.5) is 5.69 Å². The number of carboxylic acids is 1. The summed E-state index contributed by atoms with van der Waals surface area (Å²) in [4.78, 5) is 23.3. The lowest BCUT2D eigenvalue weighted by atomic mass is 9.73. The van der Waals surface area contributed by atoms with E-state index in [0.717, 1.165) is 32.1 Å². The minimum Gasteiger partial charge on any atom is -0.481 e. The number of carbonyl (C=O) groups excluding carboxylic acids is 1. The van der Waals surface area contributed by atoms with Gasteiger partial charge in [0.2, 0.25) is 5.91 Å². The first kappa shape index (κ1) is 15.5. The summed E-state index contributed by atoms with van der Waals surface area (Å²) in [5, 5.41) is 11.7.